The van der Waals surface area contributed by atoms with Gasteiger partial charge in [-0.05, 0) is 6.42 Å². The highest BCUT2D eigenvalue weighted by molar-refractivity contribution is 7.12. The molecule has 7 heteroatoms. The molecule has 5 nitrogen and oxygen atoms in total. The van der Waals surface area contributed by atoms with Gasteiger partial charge < -0.3 is 10.0 Å². The van der Waals surface area contributed by atoms with Crippen LogP contribution in [0, 0.1) is 0 Å². The number of aryl methyl sites for hydroxylation is 1. The van der Waals surface area contributed by atoms with E-state index >= 15 is 0 Å². The van der Waals surface area contributed by atoms with Crippen molar-refractivity contribution >= 4 is 28.6 Å². The van der Waals surface area contributed by atoms with Crippen molar-refractivity contribution in [3.05, 3.63) is 32.4 Å². The van der Waals surface area contributed by atoms with Gasteiger partial charge in [-0.15, -0.1) is 22.7 Å². The van der Waals surface area contributed by atoms with Gasteiger partial charge in [-0.3, -0.25) is 9.69 Å². The maximum Gasteiger partial charge on any atom is 0.264 e. The van der Waals surface area contributed by atoms with Crippen LogP contribution in [-0.2, 0) is 13.0 Å². The van der Waals surface area contributed by atoms with Gasteiger partial charge in [0.25, 0.3) is 5.91 Å². The highest BCUT2D eigenvalue weighted by Crippen LogP contribution is 2.22. The van der Waals surface area contributed by atoms with Crippen LogP contribution in [0.2, 0.25) is 0 Å². The molecule has 118 valence electrons. The summed E-state index contributed by atoms with van der Waals surface area (Å²) in [4.78, 5) is 21.7. The smallest absolute Gasteiger partial charge is 0.264 e. The molecular weight excluding hydrogens is 318 g/mol. The van der Waals surface area contributed by atoms with Crippen molar-refractivity contribution in [3.63, 3.8) is 0 Å². The van der Waals surface area contributed by atoms with Gasteiger partial charge >= 0.3 is 0 Å². The maximum absolute atomic E-state index is 12.3. The fourth-order valence-electron chi connectivity index (χ4n) is 2.52. The second-order valence-electron chi connectivity index (χ2n) is 5.32. The lowest BCUT2D eigenvalue weighted by Gasteiger charge is -2.34. The first-order valence-corrected chi connectivity index (χ1v) is 9.14. The SMILES string of the molecule is CCc1nc(CN2CCN(C(=O)c3cc(O)cs3)CC2)cs1. The fraction of sp³-hybridized carbons (Fsp3) is 0.467. The third-order valence-corrected chi connectivity index (χ3v) is 5.69. The van der Waals surface area contributed by atoms with E-state index in [0.29, 0.717) is 4.88 Å². The van der Waals surface area contributed by atoms with Crippen LogP contribution in [0.1, 0.15) is 27.3 Å². The molecule has 3 heterocycles. The molecule has 0 radical (unpaired) electrons. The molecule has 1 amide bonds. The van der Waals surface area contributed by atoms with Crippen LogP contribution >= 0.6 is 22.7 Å². The summed E-state index contributed by atoms with van der Waals surface area (Å²) in [6, 6.07) is 1.54. The van der Waals surface area contributed by atoms with Crippen molar-refractivity contribution < 1.29 is 9.90 Å². The number of carbonyl (C=O) groups excluding carboxylic acids is 1. The molecule has 1 saturated heterocycles. The van der Waals surface area contributed by atoms with E-state index < -0.39 is 0 Å². The van der Waals surface area contributed by atoms with Crippen molar-refractivity contribution in [1.82, 2.24) is 14.8 Å². The highest BCUT2D eigenvalue weighted by Gasteiger charge is 2.23. The van der Waals surface area contributed by atoms with Gasteiger partial charge in [0.1, 0.15) is 5.75 Å². The van der Waals surface area contributed by atoms with Crippen LogP contribution in [0.25, 0.3) is 0 Å². The minimum absolute atomic E-state index is 0.0203. The Hall–Kier alpha value is -1.44. The number of hydrogen-bond donors (Lipinski definition) is 1. The summed E-state index contributed by atoms with van der Waals surface area (Å²) in [6.07, 6.45) is 0.987. The number of aromatic hydroxyl groups is 1. The van der Waals surface area contributed by atoms with Gasteiger partial charge in [0.05, 0.1) is 15.6 Å². The van der Waals surface area contributed by atoms with Gasteiger partial charge in [0.15, 0.2) is 0 Å². The van der Waals surface area contributed by atoms with Crippen LogP contribution in [0.3, 0.4) is 0 Å². The van der Waals surface area contributed by atoms with Crippen LogP contribution in [-0.4, -0.2) is 52.0 Å². The number of piperazine rings is 1. The molecule has 2 aromatic heterocycles. The summed E-state index contributed by atoms with van der Waals surface area (Å²) in [7, 11) is 0. The number of carbonyl (C=O) groups is 1. The van der Waals surface area contributed by atoms with E-state index in [1.165, 1.54) is 16.3 Å². The minimum atomic E-state index is 0.0203. The Labute approximate surface area is 137 Å². The Kier molecular flexibility index (Phi) is 4.75. The number of thiophene rings is 1. The van der Waals surface area contributed by atoms with E-state index in [9.17, 15) is 9.90 Å². The molecule has 0 aromatic carbocycles. The van der Waals surface area contributed by atoms with Crippen LogP contribution in [0.15, 0.2) is 16.8 Å². The van der Waals surface area contributed by atoms with E-state index in [0.717, 1.165) is 44.8 Å². The quantitative estimate of drug-likeness (QED) is 0.931. The largest absolute Gasteiger partial charge is 0.507 e. The zero-order valence-corrected chi connectivity index (χ0v) is 14.1. The van der Waals surface area contributed by atoms with Gasteiger partial charge in [-0.1, -0.05) is 6.92 Å². The predicted octanol–water partition coefficient (Wildman–Crippen LogP) is 2.43. The van der Waals surface area contributed by atoms with Gasteiger partial charge in [-0.25, -0.2) is 4.98 Å². The average molecular weight is 337 g/mol. The van der Waals surface area contributed by atoms with Crippen molar-refractivity contribution in [2.45, 2.75) is 19.9 Å². The van der Waals surface area contributed by atoms with Gasteiger partial charge in [0, 0.05) is 49.6 Å². The summed E-state index contributed by atoms with van der Waals surface area (Å²) < 4.78 is 0. The molecule has 1 fully saturated rings. The molecule has 0 unspecified atom stereocenters. The number of nitrogens with zero attached hydrogens (tertiary/aromatic N) is 3. The number of amides is 1. The monoisotopic (exact) mass is 337 g/mol. The molecule has 3 rings (SSSR count). The van der Waals surface area contributed by atoms with Gasteiger partial charge in [-0.2, -0.15) is 0 Å². The zero-order chi connectivity index (χ0) is 15.5. The van der Waals surface area contributed by atoms with Crippen molar-refractivity contribution in [2.75, 3.05) is 26.2 Å². The topological polar surface area (TPSA) is 56.7 Å². The Morgan fingerprint density at radius 2 is 2.05 bits per heavy atom. The lowest BCUT2D eigenvalue weighted by molar-refractivity contribution is 0.0631. The average Bonchev–Trinajstić information content (AvgIpc) is 3.16. The number of rotatable bonds is 4. The van der Waals surface area contributed by atoms with Crippen molar-refractivity contribution in [3.8, 4) is 5.75 Å². The third kappa shape index (κ3) is 3.48. The molecule has 22 heavy (non-hydrogen) atoms. The molecule has 1 aliphatic heterocycles. The summed E-state index contributed by atoms with van der Waals surface area (Å²) in [5, 5.41) is 14.3. The molecule has 1 N–H and O–H groups in total. The molecule has 1 aliphatic rings. The summed E-state index contributed by atoms with van der Waals surface area (Å²) in [5.41, 5.74) is 1.13. The minimum Gasteiger partial charge on any atom is -0.507 e. The Morgan fingerprint density at radius 3 is 2.64 bits per heavy atom. The van der Waals surface area contributed by atoms with E-state index in [4.69, 9.17) is 0 Å². The number of hydrogen-bond acceptors (Lipinski definition) is 6. The molecular formula is C15H19N3O2S2. The van der Waals surface area contributed by atoms with Gasteiger partial charge in [0.2, 0.25) is 0 Å². The number of thiazole rings is 1. The van der Waals surface area contributed by atoms with Crippen molar-refractivity contribution in [1.29, 1.82) is 0 Å². The van der Waals surface area contributed by atoms with Crippen LogP contribution in [0.5, 0.6) is 5.75 Å². The Bertz CT molecular complexity index is 645. The molecule has 0 saturated carbocycles. The van der Waals surface area contributed by atoms with E-state index in [1.807, 2.05) is 4.90 Å². The maximum atomic E-state index is 12.3. The number of aromatic nitrogens is 1. The first-order valence-electron chi connectivity index (χ1n) is 7.38. The molecule has 0 atom stereocenters. The third-order valence-electron chi connectivity index (χ3n) is 3.74. The van der Waals surface area contributed by atoms with Crippen LogP contribution < -0.4 is 0 Å². The molecule has 0 bridgehead atoms. The van der Waals surface area contributed by atoms with E-state index in [1.54, 1.807) is 22.8 Å². The Morgan fingerprint density at radius 1 is 1.27 bits per heavy atom. The van der Waals surface area contributed by atoms with E-state index in [-0.39, 0.29) is 11.7 Å². The standard InChI is InChI=1S/C15H19N3O2S2/c1-2-14-16-11(9-22-14)8-17-3-5-18(6-4-17)15(20)13-7-12(19)10-21-13/h7,9-10,19H,2-6,8H2,1H3. The summed E-state index contributed by atoms with van der Waals surface area (Å²) in [6.45, 7) is 6.16. The first-order chi connectivity index (χ1) is 10.7. The molecule has 2 aromatic rings. The Balaban J connectivity index is 1.52. The zero-order valence-electron chi connectivity index (χ0n) is 12.5. The summed E-state index contributed by atoms with van der Waals surface area (Å²) >= 11 is 3.02. The first kappa shape index (κ1) is 15.5. The lowest BCUT2D eigenvalue weighted by Crippen LogP contribution is -2.48. The highest BCUT2D eigenvalue weighted by atomic mass is 32.1. The molecule has 0 spiro atoms. The van der Waals surface area contributed by atoms with Crippen LogP contribution in [0.4, 0.5) is 0 Å². The lowest BCUT2D eigenvalue weighted by atomic mass is 10.2. The summed E-state index contributed by atoms with van der Waals surface area (Å²) in [5.74, 6) is 0.189. The van der Waals surface area contributed by atoms with Crippen molar-refractivity contribution in [2.24, 2.45) is 0 Å². The fourth-order valence-corrected chi connectivity index (χ4v) is 3.99. The van der Waals surface area contributed by atoms with E-state index in [2.05, 4.69) is 22.2 Å². The second kappa shape index (κ2) is 6.76. The molecule has 0 aliphatic carbocycles. The normalized spacial score (nSPS) is 16.1. The second-order valence-corrected chi connectivity index (χ2v) is 7.18. The predicted molar refractivity (Wildman–Crippen MR) is 88.7 cm³/mol.